The number of nitrogens with one attached hydrogen (secondary N) is 1. The maximum Gasteiger partial charge on any atom is 0.0210 e. The summed E-state index contributed by atoms with van der Waals surface area (Å²) in [6, 6.07) is 0.625. The standard InChI is InChI=1S/C5H12N2.ClH/c6-7-5-3-1-2-4-5;/h5,7H,1-4,6H2;1H. The highest BCUT2D eigenvalue weighted by molar-refractivity contribution is 5.85. The molecule has 0 spiro atoms. The predicted molar refractivity (Wildman–Crippen MR) is 36.8 cm³/mol. The Morgan fingerprint density at radius 1 is 1.25 bits per heavy atom. The number of nitrogens with two attached hydrogens (primary N) is 1. The molecule has 0 aromatic heterocycles. The van der Waals surface area contributed by atoms with Crippen molar-refractivity contribution >= 4 is 12.4 Å². The molecule has 0 aliphatic heterocycles. The molecule has 0 amide bonds. The normalized spacial score (nSPS) is 20.6. The van der Waals surface area contributed by atoms with Crippen molar-refractivity contribution in [2.24, 2.45) is 5.84 Å². The third-order valence-corrected chi connectivity index (χ3v) is 1.59. The van der Waals surface area contributed by atoms with E-state index in [2.05, 4.69) is 5.43 Å². The maximum absolute atomic E-state index is 5.18. The van der Waals surface area contributed by atoms with Crippen molar-refractivity contribution in [1.29, 1.82) is 0 Å². The fourth-order valence-corrected chi connectivity index (χ4v) is 1.09. The van der Waals surface area contributed by atoms with Crippen LogP contribution in [0.25, 0.3) is 0 Å². The molecule has 0 saturated heterocycles. The molecular formula is C5H13ClN2. The number of halogens is 1. The molecule has 0 atom stereocenters. The van der Waals surface area contributed by atoms with Crippen molar-refractivity contribution in [3.05, 3.63) is 0 Å². The summed E-state index contributed by atoms with van der Waals surface area (Å²) in [5.74, 6) is 5.18. The number of hydrogen-bond acceptors (Lipinski definition) is 2. The van der Waals surface area contributed by atoms with Crippen molar-refractivity contribution < 1.29 is 0 Å². The molecular weight excluding hydrogens is 124 g/mol. The molecule has 0 aromatic carbocycles. The van der Waals surface area contributed by atoms with Crippen LogP contribution in [-0.4, -0.2) is 6.04 Å². The molecule has 0 aromatic rings. The van der Waals surface area contributed by atoms with Gasteiger partial charge in [0.2, 0.25) is 0 Å². The zero-order valence-electron chi connectivity index (χ0n) is 4.89. The monoisotopic (exact) mass is 136 g/mol. The summed E-state index contributed by atoms with van der Waals surface area (Å²) in [5, 5.41) is 0. The largest absolute Gasteiger partial charge is 0.271 e. The van der Waals surface area contributed by atoms with Gasteiger partial charge in [0.15, 0.2) is 0 Å². The lowest BCUT2D eigenvalue weighted by molar-refractivity contribution is 0.544. The Morgan fingerprint density at radius 3 is 2.00 bits per heavy atom. The van der Waals surface area contributed by atoms with Gasteiger partial charge in [0.05, 0.1) is 0 Å². The molecule has 0 bridgehead atoms. The first-order valence-electron chi connectivity index (χ1n) is 2.89. The lowest BCUT2D eigenvalue weighted by Gasteiger charge is -2.02. The van der Waals surface area contributed by atoms with Crippen LogP contribution in [0.3, 0.4) is 0 Å². The van der Waals surface area contributed by atoms with Gasteiger partial charge in [-0.3, -0.25) is 11.3 Å². The highest BCUT2D eigenvalue weighted by Crippen LogP contribution is 2.16. The first kappa shape index (κ1) is 8.21. The quantitative estimate of drug-likeness (QED) is 0.414. The first-order chi connectivity index (χ1) is 3.43. The number of rotatable bonds is 1. The number of hydrazine groups is 1. The van der Waals surface area contributed by atoms with Gasteiger partial charge in [-0.25, -0.2) is 0 Å². The van der Waals surface area contributed by atoms with Gasteiger partial charge in [-0.15, -0.1) is 12.4 Å². The second-order valence-corrected chi connectivity index (χ2v) is 2.15. The van der Waals surface area contributed by atoms with Gasteiger partial charge in [0.25, 0.3) is 0 Å². The Labute approximate surface area is 56.2 Å². The van der Waals surface area contributed by atoms with E-state index in [0.717, 1.165) is 0 Å². The van der Waals surface area contributed by atoms with Gasteiger partial charge < -0.3 is 0 Å². The van der Waals surface area contributed by atoms with E-state index in [-0.39, 0.29) is 12.4 Å². The zero-order chi connectivity index (χ0) is 5.11. The summed E-state index contributed by atoms with van der Waals surface area (Å²) in [4.78, 5) is 0. The van der Waals surface area contributed by atoms with E-state index in [1.807, 2.05) is 0 Å². The Bertz CT molecular complexity index is 52.4. The summed E-state index contributed by atoms with van der Waals surface area (Å²) in [6.07, 6.45) is 5.26. The maximum atomic E-state index is 5.18. The van der Waals surface area contributed by atoms with Gasteiger partial charge in [-0.1, -0.05) is 12.8 Å². The summed E-state index contributed by atoms with van der Waals surface area (Å²) in [6.45, 7) is 0. The van der Waals surface area contributed by atoms with Crippen LogP contribution in [-0.2, 0) is 0 Å². The van der Waals surface area contributed by atoms with E-state index in [4.69, 9.17) is 5.84 Å². The fourth-order valence-electron chi connectivity index (χ4n) is 1.09. The summed E-state index contributed by atoms with van der Waals surface area (Å²) >= 11 is 0. The van der Waals surface area contributed by atoms with Crippen LogP contribution in [0.4, 0.5) is 0 Å². The minimum Gasteiger partial charge on any atom is -0.271 e. The Kier molecular flexibility index (Phi) is 4.23. The second kappa shape index (κ2) is 4.13. The smallest absolute Gasteiger partial charge is 0.0210 e. The van der Waals surface area contributed by atoms with Crippen LogP contribution in [0.5, 0.6) is 0 Å². The fraction of sp³-hybridized carbons (Fsp3) is 1.00. The van der Waals surface area contributed by atoms with Gasteiger partial charge in [-0.2, -0.15) is 0 Å². The summed E-state index contributed by atoms with van der Waals surface area (Å²) in [5.41, 5.74) is 2.76. The molecule has 1 fully saturated rings. The van der Waals surface area contributed by atoms with Crippen molar-refractivity contribution in [3.8, 4) is 0 Å². The molecule has 1 aliphatic carbocycles. The van der Waals surface area contributed by atoms with Crippen LogP contribution in [0.2, 0.25) is 0 Å². The van der Waals surface area contributed by atoms with E-state index >= 15 is 0 Å². The third-order valence-electron chi connectivity index (χ3n) is 1.59. The highest BCUT2D eigenvalue weighted by Gasteiger charge is 2.11. The molecule has 1 rings (SSSR count). The van der Waals surface area contributed by atoms with Crippen molar-refractivity contribution in [2.45, 2.75) is 31.7 Å². The molecule has 0 heterocycles. The van der Waals surface area contributed by atoms with Gasteiger partial charge >= 0.3 is 0 Å². The summed E-state index contributed by atoms with van der Waals surface area (Å²) in [7, 11) is 0. The van der Waals surface area contributed by atoms with Gasteiger partial charge in [0.1, 0.15) is 0 Å². The Morgan fingerprint density at radius 2 is 1.75 bits per heavy atom. The Hall–Kier alpha value is 0.210. The van der Waals surface area contributed by atoms with Gasteiger partial charge in [-0.05, 0) is 12.8 Å². The minimum absolute atomic E-state index is 0. The molecule has 50 valence electrons. The van der Waals surface area contributed by atoms with Crippen molar-refractivity contribution in [1.82, 2.24) is 5.43 Å². The molecule has 1 aliphatic rings. The van der Waals surface area contributed by atoms with E-state index in [1.165, 1.54) is 25.7 Å². The van der Waals surface area contributed by atoms with E-state index in [9.17, 15) is 0 Å². The zero-order valence-corrected chi connectivity index (χ0v) is 5.71. The molecule has 0 radical (unpaired) electrons. The van der Waals surface area contributed by atoms with E-state index in [0.29, 0.717) is 6.04 Å². The van der Waals surface area contributed by atoms with Crippen molar-refractivity contribution in [2.75, 3.05) is 0 Å². The van der Waals surface area contributed by atoms with E-state index in [1.54, 1.807) is 0 Å². The third kappa shape index (κ3) is 1.99. The number of hydrogen-bond donors (Lipinski definition) is 2. The van der Waals surface area contributed by atoms with Crippen LogP contribution in [0, 0.1) is 0 Å². The molecule has 3 N–H and O–H groups in total. The average molecular weight is 137 g/mol. The highest BCUT2D eigenvalue weighted by atomic mass is 35.5. The van der Waals surface area contributed by atoms with Crippen LogP contribution < -0.4 is 11.3 Å². The first-order valence-corrected chi connectivity index (χ1v) is 2.89. The second-order valence-electron chi connectivity index (χ2n) is 2.15. The SMILES string of the molecule is Cl.NNC1CCCC1. The topological polar surface area (TPSA) is 38.0 Å². The lowest BCUT2D eigenvalue weighted by atomic mass is 10.3. The minimum atomic E-state index is 0. The summed E-state index contributed by atoms with van der Waals surface area (Å²) < 4.78 is 0. The average Bonchev–Trinajstić information content (AvgIpc) is 2.14. The molecule has 2 nitrogen and oxygen atoms in total. The lowest BCUT2D eigenvalue weighted by Crippen LogP contribution is -2.32. The molecule has 3 heteroatoms. The molecule has 0 unspecified atom stereocenters. The molecule has 1 saturated carbocycles. The molecule has 8 heavy (non-hydrogen) atoms. The van der Waals surface area contributed by atoms with E-state index < -0.39 is 0 Å². The Balaban J connectivity index is 0.000000490. The van der Waals surface area contributed by atoms with Crippen LogP contribution in [0.15, 0.2) is 0 Å². The van der Waals surface area contributed by atoms with Crippen molar-refractivity contribution in [3.63, 3.8) is 0 Å². The predicted octanol–water partition coefficient (Wildman–Crippen LogP) is 0.814. The van der Waals surface area contributed by atoms with Gasteiger partial charge in [0, 0.05) is 6.04 Å². The van der Waals surface area contributed by atoms with Crippen LogP contribution >= 0.6 is 12.4 Å². The van der Waals surface area contributed by atoms with Crippen LogP contribution in [0.1, 0.15) is 25.7 Å².